The van der Waals surface area contributed by atoms with Crippen molar-refractivity contribution in [2.75, 3.05) is 18.5 Å². The van der Waals surface area contributed by atoms with Crippen molar-refractivity contribution in [2.24, 2.45) is 0 Å². The predicted molar refractivity (Wildman–Crippen MR) is 77.6 cm³/mol. The molecule has 5 heteroatoms. The van der Waals surface area contributed by atoms with Crippen LogP contribution in [0.25, 0.3) is 6.08 Å². The van der Waals surface area contributed by atoms with Crippen molar-refractivity contribution in [1.29, 1.82) is 0 Å². The van der Waals surface area contributed by atoms with Gasteiger partial charge in [-0.2, -0.15) is 0 Å². The van der Waals surface area contributed by atoms with Crippen LogP contribution in [-0.4, -0.2) is 30.2 Å². The summed E-state index contributed by atoms with van der Waals surface area (Å²) >= 11 is 0. The summed E-state index contributed by atoms with van der Waals surface area (Å²) in [5.41, 5.74) is 2.46. The summed E-state index contributed by atoms with van der Waals surface area (Å²) in [5, 5.41) is 11.4. The smallest absolute Gasteiger partial charge is 0.328 e. The van der Waals surface area contributed by atoms with Gasteiger partial charge in [-0.05, 0) is 42.7 Å². The first kappa shape index (κ1) is 15.9. The van der Waals surface area contributed by atoms with E-state index < -0.39 is 5.97 Å². The fourth-order valence-electron chi connectivity index (χ4n) is 1.68. The molecule has 0 aliphatic carbocycles. The molecule has 0 bridgehead atoms. The molecule has 0 heterocycles. The molecule has 1 rings (SSSR count). The lowest BCUT2D eigenvalue weighted by atomic mass is 10.1. The number of ether oxygens (including phenoxy) is 1. The monoisotopic (exact) mass is 277 g/mol. The fraction of sp³-hybridized carbons (Fsp3) is 0.333. The molecular weight excluding hydrogens is 258 g/mol. The summed E-state index contributed by atoms with van der Waals surface area (Å²) in [6.07, 6.45) is 3.34. The van der Waals surface area contributed by atoms with Crippen LogP contribution >= 0.6 is 0 Å². The Kier molecular flexibility index (Phi) is 6.46. The molecule has 1 aromatic carbocycles. The first-order valence-electron chi connectivity index (χ1n) is 6.48. The molecule has 5 nitrogen and oxygen atoms in total. The topological polar surface area (TPSA) is 75.6 Å². The molecule has 1 amide bonds. The van der Waals surface area contributed by atoms with E-state index in [0.717, 1.165) is 29.3 Å². The van der Waals surface area contributed by atoms with Gasteiger partial charge < -0.3 is 15.2 Å². The highest BCUT2D eigenvalue weighted by Gasteiger charge is 2.06. The Bertz CT molecular complexity index is 509. The van der Waals surface area contributed by atoms with Crippen LogP contribution in [0.5, 0.6) is 0 Å². The quantitative estimate of drug-likeness (QED) is 0.750. The Morgan fingerprint density at radius 3 is 2.70 bits per heavy atom. The number of anilines is 1. The van der Waals surface area contributed by atoms with Crippen molar-refractivity contribution in [3.63, 3.8) is 0 Å². The average Bonchev–Trinajstić information content (AvgIpc) is 2.43. The van der Waals surface area contributed by atoms with E-state index in [2.05, 4.69) is 5.32 Å². The minimum atomic E-state index is -0.989. The van der Waals surface area contributed by atoms with E-state index in [9.17, 15) is 9.59 Å². The van der Waals surface area contributed by atoms with Crippen LogP contribution in [0.3, 0.4) is 0 Å². The Labute approximate surface area is 118 Å². The van der Waals surface area contributed by atoms with Crippen molar-refractivity contribution >= 4 is 23.6 Å². The third kappa shape index (κ3) is 5.24. The van der Waals surface area contributed by atoms with E-state index in [0.29, 0.717) is 6.61 Å². The molecule has 0 saturated heterocycles. The number of benzene rings is 1. The number of hydrogen-bond acceptors (Lipinski definition) is 3. The molecule has 2 N–H and O–H groups in total. The molecule has 1 aromatic rings. The minimum Gasteiger partial charge on any atom is -0.478 e. The van der Waals surface area contributed by atoms with Crippen LogP contribution in [0.4, 0.5) is 5.69 Å². The van der Waals surface area contributed by atoms with Gasteiger partial charge in [0.05, 0.1) is 0 Å². The molecule has 0 spiro atoms. The summed E-state index contributed by atoms with van der Waals surface area (Å²) in [7, 11) is 0. The SMILES string of the molecule is CCOCC(=O)Nc1ccc(/C=C/C(=O)O)cc1CC. The van der Waals surface area contributed by atoms with Crippen LogP contribution in [-0.2, 0) is 20.7 Å². The molecule has 0 radical (unpaired) electrons. The third-order valence-corrected chi connectivity index (χ3v) is 2.64. The molecule has 20 heavy (non-hydrogen) atoms. The number of carbonyl (C=O) groups excluding carboxylic acids is 1. The van der Waals surface area contributed by atoms with Crippen molar-refractivity contribution in [2.45, 2.75) is 20.3 Å². The maximum absolute atomic E-state index is 11.6. The highest BCUT2D eigenvalue weighted by atomic mass is 16.5. The van der Waals surface area contributed by atoms with Crippen LogP contribution < -0.4 is 5.32 Å². The van der Waals surface area contributed by atoms with Gasteiger partial charge in [0.1, 0.15) is 6.61 Å². The number of aliphatic carboxylic acids is 1. The largest absolute Gasteiger partial charge is 0.478 e. The number of aryl methyl sites for hydroxylation is 1. The summed E-state index contributed by atoms with van der Waals surface area (Å²) in [4.78, 5) is 22.1. The zero-order valence-corrected chi connectivity index (χ0v) is 11.7. The van der Waals surface area contributed by atoms with Crippen LogP contribution in [0, 0.1) is 0 Å². The number of rotatable bonds is 7. The molecule has 0 saturated carbocycles. The number of hydrogen-bond donors (Lipinski definition) is 2. The van der Waals surface area contributed by atoms with Crippen molar-refractivity contribution in [3.8, 4) is 0 Å². The highest BCUT2D eigenvalue weighted by molar-refractivity contribution is 5.92. The molecule has 0 fully saturated rings. The molecule has 0 atom stereocenters. The van der Waals surface area contributed by atoms with Gasteiger partial charge in [-0.3, -0.25) is 4.79 Å². The molecule has 0 aromatic heterocycles. The maximum atomic E-state index is 11.6. The molecular formula is C15H19NO4. The fourth-order valence-corrected chi connectivity index (χ4v) is 1.68. The zero-order chi connectivity index (χ0) is 15.0. The lowest BCUT2D eigenvalue weighted by Gasteiger charge is -2.11. The van der Waals surface area contributed by atoms with Gasteiger partial charge in [0.2, 0.25) is 5.91 Å². The van der Waals surface area contributed by atoms with Gasteiger partial charge in [-0.25, -0.2) is 4.79 Å². The second kappa shape index (κ2) is 8.12. The van der Waals surface area contributed by atoms with E-state index in [1.165, 1.54) is 6.08 Å². The van der Waals surface area contributed by atoms with E-state index in [-0.39, 0.29) is 12.5 Å². The molecule has 0 unspecified atom stereocenters. The normalized spacial score (nSPS) is 10.7. The first-order valence-corrected chi connectivity index (χ1v) is 6.48. The summed E-state index contributed by atoms with van der Waals surface area (Å²) in [6.45, 7) is 4.32. The molecule has 0 aliphatic rings. The van der Waals surface area contributed by atoms with E-state index in [1.807, 2.05) is 19.9 Å². The zero-order valence-electron chi connectivity index (χ0n) is 11.7. The summed E-state index contributed by atoms with van der Waals surface area (Å²) in [6, 6.07) is 5.38. The van der Waals surface area contributed by atoms with Crippen molar-refractivity contribution < 1.29 is 19.4 Å². The second-order valence-electron chi connectivity index (χ2n) is 4.13. The van der Waals surface area contributed by atoms with Gasteiger partial charge >= 0.3 is 5.97 Å². The van der Waals surface area contributed by atoms with Crippen LogP contribution in [0.1, 0.15) is 25.0 Å². The molecule has 0 aliphatic heterocycles. The van der Waals surface area contributed by atoms with E-state index in [4.69, 9.17) is 9.84 Å². The van der Waals surface area contributed by atoms with E-state index in [1.54, 1.807) is 12.1 Å². The average molecular weight is 277 g/mol. The van der Waals surface area contributed by atoms with Crippen molar-refractivity contribution in [3.05, 3.63) is 35.4 Å². The Morgan fingerprint density at radius 1 is 1.35 bits per heavy atom. The maximum Gasteiger partial charge on any atom is 0.328 e. The summed E-state index contributed by atoms with van der Waals surface area (Å²) < 4.78 is 5.04. The van der Waals surface area contributed by atoms with Gasteiger partial charge in [-0.1, -0.05) is 13.0 Å². The third-order valence-electron chi connectivity index (χ3n) is 2.64. The Morgan fingerprint density at radius 2 is 2.10 bits per heavy atom. The second-order valence-corrected chi connectivity index (χ2v) is 4.13. The number of carbonyl (C=O) groups is 2. The lowest BCUT2D eigenvalue weighted by Crippen LogP contribution is -2.19. The predicted octanol–water partition coefficient (Wildman–Crippen LogP) is 2.32. The standard InChI is InChI=1S/C15H19NO4/c1-3-12-9-11(6-8-15(18)19)5-7-13(12)16-14(17)10-20-4-2/h5-9H,3-4,10H2,1-2H3,(H,16,17)(H,18,19)/b8-6+. The Balaban J connectivity index is 2.82. The number of carboxylic acids is 1. The highest BCUT2D eigenvalue weighted by Crippen LogP contribution is 2.19. The number of amides is 1. The van der Waals surface area contributed by atoms with E-state index >= 15 is 0 Å². The lowest BCUT2D eigenvalue weighted by molar-refractivity contribution is -0.131. The summed E-state index contributed by atoms with van der Waals surface area (Å²) in [5.74, 6) is -1.19. The number of carboxylic acid groups (broad SMARTS) is 1. The first-order chi connectivity index (χ1) is 9.56. The van der Waals surface area contributed by atoms with Gasteiger partial charge in [0.15, 0.2) is 0 Å². The van der Waals surface area contributed by atoms with Crippen LogP contribution in [0.15, 0.2) is 24.3 Å². The van der Waals surface area contributed by atoms with Crippen LogP contribution in [0.2, 0.25) is 0 Å². The van der Waals surface area contributed by atoms with Gasteiger partial charge in [0, 0.05) is 18.4 Å². The number of nitrogens with one attached hydrogen (secondary N) is 1. The molecule has 108 valence electrons. The van der Waals surface area contributed by atoms with Gasteiger partial charge in [0.25, 0.3) is 0 Å². The van der Waals surface area contributed by atoms with Crippen molar-refractivity contribution in [1.82, 2.24) is 0 Å². The van der Waals surface area contributed by atoms with Gasteiger partial charge in [-0.15, -0.1) is 0 Å². The Hall–Kier alpha value is -2.14. The minimum absolute atomic E-state index is 0.0281.